The summed E-state index contributed by atoms with van der Waals surface area (Å²) in [6.45, 7) is 13.7. The van der Waals surface area contributed by atoms with Crippen molar-refractivity contribution < 1.29 is 22.6 Å². The van der Waals surface area contributed by atoms with E-state index in [4.69, 9.17) is 14.5 Å². The summed E-state index contributed by atoms with van der Waals surface area (Å²) in [5.41, 5.74) is 10.3. The van der Waals surface area contributed by atoms with Crippen LogP contribution in [0.1, 0.15) is 84.5 Å². The van der Waals surface area contributed by atoms with Gasteiger partial charge in [0.25, 0.3) is 0 Å². The Kier molecular flexibility index (Phi) is 13.3. The van der Waals surface area contributed by atoms with Crippen LogP contribution >= 0.6 is 0 Å². The Labute approximate surface area is 330 Å². The van der Waals surface area contributed by atoms with Crippen LogP contribution in [-0.4, -0.2) is 49.8 Å². The molecule has 56 heavy (non-hydrogen) atoms. The molecule has 2 aliphatic rings. The predicted octanol–water partition coefficient (Wildman–Crippen LogP) is 10.9. The number of ether oxygens (including phenoxy) is 2. The third-order valence-electron chi connectivity index (χ3n) is 11.0. The van der Waals surface area contributed by atoms with Crippen LogP contribution in [0.4, 0.5) is 18.9 Å². The Balaban J connectivity index is 1.20. The highest BCUT2D eigenvalue weighted by Crippen LogP contribution is 2.38. The number of nitrogens with zero attached hydrogens (tertiary/aromatic N) is 3. The zero-order chi connectivity index (χ0) is 39.8. The molecule has 0 amide bonds. The second kappa shape index (κ2) is 18.3. The molecule has 1 unspecified atom stereocenters. The number of hydrogen-bond donors (Lipinski definition) is 1. The zero-order valence-electron chi connectivity index (χ0n) is 33.4. The number of piperidine rings is 1. The van der Waals surface area contributed by atoms with Gasteiger partial charge in [-0.3, -0.25) is 9.88 Å². The molecule has 4 aromatic rings. The van der Waals surface area contributed by atoms with Gasteiger partial charge in [-0.05, 0) is 138 Å². The molecule has 3 aromatic carbocycles. The van der Waals surface area contributed by atoms with E-state index in [2.05, 4.69) is 85.1 Å². The van der Waals surface area contributed by atoms with Crippen LogP contribution in [0.5, 0.6) is 11.5 Å². The van der Waals surface area contributed by atoms with Gasteiger partial charge in [-0.1, -0.05) is 51.5 Å². The van der Waals surface area contributed by atoms with Crippen molar-refractivity contribution in [2.24, 2.45) is 0 Å². The van der Waals surface area contributed by atoms with Gasteiger partial charge < -0.3 is 19.7 Å². The summed E-state index contributed by atoms with van der Waals surface area (Å²) in [5.74, 6) is 1.39. The minimum Gasteiger partial charge on any atom is -0.493 e. The Morgan fingerprint density at radius 1 is 0.964 bits per heavy atom. The number of dihydropyridines is 1. The van der Waals surface area contributed by atoms with E-state index >= 15 is 0 Å². The molecule has 6 nitrogen and oxygen atoms in total. The van der Waals surface area contributed by atoms with Crippen molar-refractivity contribution in [1.82, 2.24) is 15.2 Å². The summed E-state index contributed by atoms with van der Waals surface area (Å²) in [5, 5.41) is 3.54. The van der Waals surface area contributed by atoms with Crippen molar-refractivity contribution in [3.05, 3.63) is 136 Å². The number of alkyl halides is 3. The maximum Gasteiger partial charge on any atom is 0.416 e. The van der Waals surface area contributed by atoms with Crippen molar-refractivity contribution in [3.63, 3.8) is 0 Å². The van der Waals surface area contributed by atoms with Crippen molar-refractivity contribution in [2.45, 2.75) is 84.1 Å². The van der Waals surface area contributed by atoms with Gasteiger partial charge >= 0.3 is 6.18 Å². The third kappa shape index (κ3) is 9.49. The highest BCUT2D eigenvalue weighted by molar-refractivity contribution is 5.67. The molecule has 1 aromatic heterocycles. The summed E-state index contributed by atoms with van der Waals surface area (Å²) in [7, 11) is 3.29. The highest BCUT2D eigenvalue weighted by Gasteiger charge is 2.31. The maximum absolute atomic E-state index is 13.6. The lowest BCUT2D eigenvalue weighted by Crippen LogP contribution is -2.45. The molecule has 0 bridgehead atoms. The molecule has 1 saturated heterocycles. The number of anilines is 1. The standard InChI is InChI=1S/C47H55F3N4O2/c1-7-10-36-28-38(29-45(55-5)46(36)56-6)44-26-34(17-21-52-44)31-54(40-14-12-39(13-15-40)47(48,49)50)41-18-22-53(23-19-41)30-33-16-20-51-43(25-33)37-24-32(4)42(11-8-2)35(9-3)27-37/h9,12-17,20-21,24-29,41,43,51H,3,7-8,10-11,18-19,22-23,30-31H2,1-2,4-6H3. The van der Waals surface area contributed by atoms with Gasteiger partial charge in [0, 0.05) is 49.7 Å². The van der Waals surface area contributed by atoms with Gasteiger partial charge in [-0.2, -0.15) is 13.2 Å². The summed E-state index contributed by atoms with van der Waals surface area (Å²) in [4.78, 5) is 9.48. The van der Waals surface area contributed by atoms with Crippen molar-refractivity contribution in [3.8, 4) is 22.8 Å². The molecule has 0 saturated carbocycles. The normalized spacial score (nSPS) is 16.3. The number of methoxy groups -OCH3 is 2. The first kappa shape index (κ1) is 40.6. The monoisotopic (exact) mass is 764 g/mol. The molecule has 3 heterocycles. The summed E-state index contributed by atoms with van der Waals surface area (Å²) < 4.78 is 52.2. The van der Waals surface area contributed by atoms with E-state index in [1.807, 2.05) is 18.2 Å². The molecule has 0 spiro atoms. The fourth-order valence-electron chi connectivity index (χ4n) is 8.19. The average Bonchev–Trinajstić information content (AvgIpc) is 3.20. The zero-order valence-corrected chi connectivity index (χ0v) is 33.4. The molecule has 1 fully saturated rings. The van der Waals surface area contributed by atoms with Crippen LogP contribution in [0.25, 0.3) is 17.3 Å². The van der Waals surface area contributed by atoms with Gasteiger partial charge in [-0.15, -0.1) is 0 Å². The molecule has 9 heteroatoms. The first-order valence-electron chi connectivity index (χ1n) is 19.8. The average molecular weight is 765 g/mol. The Morgan fingerprint density at radius 2 is 1.71 bits per heavy atom. The molecule has 0 aliphatic carbocycles. The van der Waals surface area contributed by atoms with E-state index in [-0.39, 0.29) is 12.1 Å². The van der Waals surface area contributed by atoms with Crippen LogP contribution in [0, 0.1) is 6.92 Å². The maximum atomic E-state index is 13.6. The number of halogens is 3. The fraction of sp³-hybridized carbons (Fsp3) is 0.383. The minimum atomic E-state index is -4.40. The number of aryl methyl sites for hydroxylation is 2. The van der Waals surface area contributed by atoms with Crippen LogP contribution < -0.4 is 19.7 Å². The summed E-state index contributed by atoms with van der Waals surface area (Å²) in [6, 6.07) is 18.5. The smallest absolute Gasteiger partial charge is 0.416 e. The van der Waals surface area contributed by atoms with Crippen LogP contribution in [0.3, 0.4) is 0 Å². The second-order valence-corrected chi connectivity index (χ2v) is 14.9. The second-order valence-electron chi connectivity index (χ2n) is 14.9. The summed E-state index contributed by atoms with van der Waals surface area (Å²) >= 11 is 0. The molecule has 1 N–H and O–H groups in total. The van der Waals surface area contributed by atoms with Crippen LogP contribution in [0.2, 0.25) is 0 Å². The van der Waals surface area contributed by atoms with E-state index in [0.717, 1.165) is 92.0 Å². The molecule has 6 rings (SSSR count). The molecular weight excluding hydrogens is 710 g/mol. The molecule has 296 valence electrons. The number of likely N-dealkylation sites (tertiary alicyclic amines) is 1. The predicted molar refractivity (Wildman–Crippen MR) is 222 cm³/mol. The van der Waals surface area contributed by atoms with E-state index in [1.165, 1.54) is 40.0 Å². The van der Waals surface area contributed by atoms with E-state index in [1.54, 1.807) is 32.5 Å². The van der Waals surface area contributed by atoms with Crippen LogP contribution in [-0.2, 0) is 25.6 Å². The first-order valence-corrected chi connectivity index (χ1v) is 19.8. The van der Waals surface area contributed by atoms with Gasteiger partial charge in [0.2, 0.25) is 0 Å². The number of pyridine rings is 1. The number of rotatable bonds is 15. The summed E-state index contributed by atoms with van der Waals surface area (Å²) in [6.07, 6.45) is 11.6. The quantitative estimate of drug-likeness (QED) is 0.130. The molecule has 1 atom stereocenters. The highest BCUT2D eigenvalue weighted by atomic mass is 19.4. The molecular formula is C47H55F3N4O2. The number of hydrogen-bond acceptors (Lipinski definition) is 6. The topological polar surface area (TPSA) is 49.9 Å². The largest absolute Gasteiger partial charge is 0.493 e. The first-order chi connectivity index (χ1) is 27.0. The van der Waals surface area contributed by atoms with E-state index in [0.29, 0.717) is 12.3 Å². The minimum absolute atomic E-state index is 0.0817. The Hall–Kier alpha value is -5.02. The lowest BCUT2D eigenvalue weighted by atomic mass is 9.91. The third-order valence-corrected chi connectivity index (χ3v) is 11.0. The Morgan fingerprint density at radius 3 is 2.38 bits per heavy atom. The Bertz CT molecular complexity index is 2030. The van der Waals surface area contributed by atoms with Crippen molar-refractivity contribution >= 4 is 11.8 Å². The van der Waals surface area contributed by atoms with Gasteiger partial charge in [-0.25, -0.2) is 0 Å². The fourth-order valence-corrected chi connectivity index (χ4v) is 8.19. The van der Waals surface area contributed by atoms with Gasteiger partial charge in [0.15, 0.2) is 11.5 Å². The van der Waals surface area contributed by atoms with Gasteiger partial charge in [0.1, 0.15) is 0 Å². The number of benzene rings is 3. The number of nitrogens with one attached hydrogen (secondary N) is 1. The van der Waals surface area contributed by atoms with Gasteiger partial charge in [0.05, 0.1) is 31.5 Å². The van der Waals surface area contributed by atoms with E-state index in [9.17, 15) is 13.2 Å². The van der Waals surface area contributed by atoms with Crippen molar-refractivity contribution in [2.75, 3.05) is 38.8 Å². The number of aromatic nitrogens is 1. The van der Waals surface area contributed by atoms with Crippen molar-refractivity contribution in [1.29, 1.82) is 0 Å². The molecule has 2 aliphatic heterocycles. The van der Waals surface area contributed by atoms with Crippen LogP contribution in [0.15, 0.2) is 97.4 Å². The molecule has 0 radical (unpaired) electrons. The SMILES string of the molecule is C=Cc1cc(C2C=C(CN3CCC(N(Cc4ccnc(-c5cc(CCC)c(OC)c(OC)c5)c4)c4ccc(C(F)(F)F)cc4)CC3)C=CN2)cc(C)c1CCC. The lowest BCUT2D eigenvalue weighted by Gasteiger charge is -2.40. The lowest BCUT2D eigenvalue weighted by molar-refractivity contribution is -0.137. The van der Waals surface area contributed by atoms with E-state index < -0.39 is 11.7 Å².